The van der Waals surface area contributed by atoms with E-state index < -0.39 is 0 Å². The first-order valence-electron chi connectivity index (χ1n) is 7.91. The molecule has 122 valence electrons. The van der Waals surface area contributed by atoms with Crippen LogP contribution in [0.25, 0.3) is 10.9 Å². The third kappa shape index (κ3) is 4.32. The highest BCUT2D eigenvalue weighted by Crippen LogP contribution is 2.22. The van der Waals surface area contributed by atoms with Crippen LogP contribution in [0.15, 0.2) is 30.5 Å². The Hall–Kier alpha value is -0.880. The van der Waals surface area contributed by atoms with Gasteiger partial charge in [-0.15, -0.1) is 0 Å². The summed E-state index contributed by atoms with van der Waals surface area (Å²) in [7, 11) is 4.40. The fraction of sp³-hybridized carbons (Fsp3) is 0.500. The van der Waals surface area contributed by atoms with E-state index in [2.05, 4.69) is 44.6 Å². The minimum Gasteiger partial charge on any atom is -1.00 e. The summed E-state index contributed by atoms with van der Waals surface area (Å²) in [5.41, 5.74) is 2.04. The second kappa shape index (κ2) is 8.11. The van der Waals surface area contributed by atoms with Crippen LogP contribution in [-0.2, 0) is 6.54 Å². The Morgan fingerprint density at radius 3 is 2.45 bits per heavy atom. The average molecular weight is 414 g/mol. The van der Waals surface area contributed by atoms with Gasteiger partial charge < -0.3 is 33.0 Å². The first-order valence-corrected chi connectivity index (χ1v) is 7.91. The van der Waals surface area contributed by atoms with Gasteiger partial charge in [0.1, 0.15) is 0 Å². The predicted molar refractivity (Wildman–Crippen MR) is 88.7 cm³/mol. The van der Waals surface area contributed by atoms with Crippen LogP contribution in [0, 0.1) is 0 Å². The average Bonchev–Trinajstić information content (AvgIpc) is 2.84. The van der Waals surface area contributed by atoms with Crippen molar-refractivity contribution in [1.29, 1.82) is 0 Å². The number of benzene rings is 1. The summed E-state index contributed by atoms with van der Waals surface area (Å²) >= 11 is 0. The zero-order valence-electron chi connectivity index (χ0n) is 14.1. The Labute approximate surface area is 150 Å². The monoisotopic (exact) mass is 414 g/mol. The minimum atomic E-state index is 0. The first kappa shape index (κ1) is 19.2. The fourth-order valence-electron chi connectivity index (χ4n) is 2.99. The Kier molecular flexibility index (Phi) is 7.06. The van der Waals surface area contributed by atoms with Crippen LogP contribution in [0.4, 0.5) is 0 Å². The van der Waals surface area contributed by atoms with E-state index >= 15 is 0 Å². The summed E-state index contributed by atoms with van der Waals surface area (Å²) in [6.45, 7) is 7.21. The maximum atomic E-state index is 12.6. The number of hydrogen-bond acceptors (Lipinski definition) is 1. The lowest BCUT2D eigenvalue weighted by Gasteiger charge is -2.29. The highest BCUT2D eigenvalue weighted by molar-refractivity contribution is 6.08. The summed E-state index contributed by atoms with van der Waals surface area (Å²) in [6, 6.07) is 8.19. The van der Waals surface area contributed by atoms with Crippen molar-refractivity contribution in [1.82, 2.24) is 4.57 Å². The van der Waals surface area contributed by atoms with Gasteiger partial charge in [-0.3, -0.25) is 4.79 Å². The van der Waals surface area contributed by atoms with E-state index in [0.717, 1.165) is 47.0 Å². The molecule has 0 radical (unpaired) electrons. The normalized spacial score (nSPS) is 11.5. The largest absolute Gasteiger partial charge is 1.00 e. The van der Waals surface area contributed by atoms with Crippen molar-refractivity contribution in [2.45, 2.75) is 33.2 Å². The van der Waals surface area contributed by atoms with E-state index in [-0.39, 0.29) is 29.8 Å². The molecular weight excluding hydrogens is 387 g/mol. The van der Waals surface area contributed by atoms with Crippen molar-refractivity contribution < 1.29 is 33.3 Å². The number of ketones is 1. The smallest absolute Gasteiger partial charge is 0.170 e. The molecule has 1 heterocycles. The number of fused-ring (bicyclic) bond motifs is 1. The SMILES string of the molecule is CCC[N+](C)(C)CCC(=O)c1cn(CC)c2ccccc12.[I-]. The van der Waals surface area contributed by atoms with Crippen molar-refractivity contribution >= 4 is 16.7 Å². The lowest BCUT2D eigenvalue weighted by atomic mass is 10.1. The van der Waals surface area contributed by atoms with E-state index in [9.17, 15) is 4.79 Å². The third-order valence-corrected chi connectivity index (χ3v) is 4.20. The number of halogens is 1. The lowest BCUT2D eigenvalue weighted by molar-refractivity contribution is -0.889. The number of nitrogens with zero attached hydrogens (tertiary/aromatic N) is 2. The molecular formula is C18H27IN2O. The van der Waals surface area contributed by atoms with Crippen molar-refractivity contribution in [3.8, 4) is 0 Å². The molecule has 0 aliphatic carbocycles. The molecule has 0 atom stereocenters. The van der Waals surface area contributed by atoms with Gasteiger partial charge in [-0.1, -0.05) is 25.1 Å². The molecule has 0 spiro atoms. The Morgan fingerprint density at radius 2 is 1.82 bits per heavy atom. The molecule has 1 aromatic heterocycles. The van der Waals surface area contributed by atoms with Crippen molar-refractivity contribution in [2.24, 2.45) is 0 Å². The number of rotatable bonds is 7. The summed E-state index contributed by atoms with van der Waals surface area (Å²) in [4.78, 5) is 12.6. The van der Waals surface area contributed by atoms with E-state index in [1.807, 2.05) is 18.3 Å². The van der Waals surface area contributed by atoms with Crippen LogP contribution in [0.1, 0.15) is 37.0 Å². The van der Waals surface area contributed by atoms with Crippen LogP contribution in [0.5, 0.6) is 0 Å². The van der Waals surface area contributed by atoms with Crippen molar-refractivity contribution in [3.63, 3.8) is 0 Å². The van der Waals surface area contributed by atoms with Crippen LogP contribution < -0.4 is 24.0 Å². The van der Waals surface area contributed by atoms with E-state index in [0.29, 0.717) is 6.42 Å². The maximum Gasteiger partial charge on any atom is 0.170 e. The van der Waals surface area contributed by atoms with E-state index in [1.165, 1.54) is 0 Å². The molecule has 0 unspecified atom stereocenters. The summed E-state index contributed by atoms with van der Waals surface area (Å²) < 4.78 is 3.07. The second-order valence-corrected chi connectivity index (χ2v) is 6.40. The number of carbonyl (C=O) groups is 1. The zero-order valence-corrected chi connectivity index (χ0v) is 16.3. The quantitative estimate of drug-likeness (QED) is 0.372. The molecule has 2 rings (SSSR count). The highest BCUT2D eigenvalue weighted by Gasteiger charge is 2.19. The molecule has 3 nitrogen and oxygen atoms in total. The van der Waals surface area contributed by atoms with Gasteiger partial charge in [0.25, 0.3) is 0 Å². The van der Waals surface area contributed by atoms with Gasteiger partial charge in [0, 0.05) is 29.2 Å². The number of carbonyl (C=O) groups excluding carboxylic acids is 1. The molecule has 0 aliphatic rings. The van der Waals surface area contributed by atoms with Gasteiger partial charge in [-0.2, -0.15) is 0 Å². The molecule has 0 fully saturated rings. The molecule has 0 N–H and O–H groups in total. The Morgan fingerprint density at radius 1 is 1.14 bits per heavy atom. The topological polar surface area (TPSA) is 22.0 Å². The zero-order chi connectivity index (χ0) is 15.5. The molecule has 0 saturated heterocycles. The summed E-state index contributed by atoms with van der Waals surface area (Å²) in [5, 5.41) is 1.09. The van der Waals surface area contributed by atoms with Gasteiger partial charge in [-0.05, 0) is 19.4 Å². The molecule has 0 bridgehead atoms. The van der Waals surface area contributed by atoms with Gasteiger partial charge in [-0.25, -0.2) is 0 Å². The van der Waals surface area contributed by atoms with Gasteiger partial charge in [0.05, 0.1) is 33.6 Å². The Balaban J connectivity index is 0.00000242. The van der Waals surface area contributed by atoms with Crippen LogP contribution in [0.3, 0.4) is 0 Å². The highest BCUT2D eigenvalue weighted by atomic mass is 127. The molecule has 0 aliphatic heterocycles. The van der Waals surface area contributed by atoms with E-state index in [1.54, 1.807) is 0 Å². The summed E-state index contributed by atoms with van der Waals surface area (Å²) in [6.07, 6.45) is 3.79. The van der Waals surface area contributed by atoms with Gasteiger partial charge in [0.2, 0.25) is 0 Å². The number of quaternary nitrogens is 1. The fourth-order valence-corrected chi connectivity index (χ4v) is 2.99. The van der Waals surface area contributed by atoms with Gasteiger partial charge >= 0.3 is 0 Å². The van der Waals surface area contributed by atoms with Crippen LogP contribution >= 0.6 is 0 Å². The number of hydrogen-bond donors (Lipinski definition) is 0. The minimum absolute atomic E-state index is 0. The molecule has 1 aromatic carbocycles. The maximum absolute atomic E-state index is 12.6. The standard InChI is InChI=1S/C18H27N2O.HI/c1-5-12-20(3,4)13-11-18(21)16-14-19(6-2)17-10-8-7-9-15(16)17;/h7-10,14H,5-6,11-13H2,1-4H3;1H/q+1;/p-1. The van der Waals surface area contributed by atoms with Crippen LogP contribution in [-0.4, -0.2) is 42.0 Å². The molecule has 22 heavy (non-hydrogen) atoms. The predicted octanol–water partition coefficient (Wildman–Crippen LogP) is 0.724. The van der Waals surface area contributed by atoms with Crippen molar-refractivity contribution in [2.75, 3.05) is 27.2 Å². The number of para-hydroxylation sites is 1. The number of aromatic nitrogens is 1. The molecule has 0 saturated carbocycles. The van der Waals surface area contributed by atoms with Crippen molar-refractivity contribution in [3.05, 3.63) is 36.0 Å². The number of aryl methyl sites for hydroxylation is 1. The third-order valence-electron chi connectivity index (χ3n) is 4.20. The Bertz CT molecular complexity index is 631. The molecule has 4 heteroatoms. The molecule has 0 amide bonds. The van der Waals surface area contributed by atoms with Crippen LogP contribution in [0.2, 0.25) is 0 Å². The lowest BCUT2D eigenvalue weighted by Crippen LogP contribution is -3.00. The van der Waals surface area contributed by atoms with E-state index in [4.69, 9.17) is 0 Å². The second-order valence-electron chi connectivity index (χ2n) is 6.40. The first-order chi connectivity index (χ1) is 9.98. The number of Topliss-reactive ketones (excluding diaryl/α,β-unsaturated/α-hetero) is 1. The summed E-state index contributed by atoms with van der Waals surface area (Å²) in [5.74, 6) is 0.265. The van der Waals surface area contributed by atoms with Gasteiger partial charge in [0.15, 0.2) is 5.78 Å². The molecule has 2 aromatic rings.